The number of hydrogen-bond acceptors (Lipinski definition) is 4. The van der Waals surface area contributed by atoms with Gasteiger partial charge in [0.25, 0.3) is 5.56 Å². The van der Waals surface area contributed by atoms with Gasteiger partial charge in [-0.25, -0.2) is 4.98 Å². The topological polar surface area (TPSA) is 56.5 Å². The molecule has 3 rings (SSSR count). The number of fused-ring (bicyclic) bond motifs is 1. The van der Waals surface area contributed by atoms with E-state index < -0.39 is 0 Å². The van der Waals surface area contributed by atoms with E-state index >= 15 is 0 Å². The summed E-state index contributed by atoms with van der Waals surface area (Å²) in [5.41, 5.74) is 1.08. The lowest BCUT2D eigenvalue weighted by Gasteiger charge is -2.14. The highest BCUT2D eigenvalue weighted by atomic mass is 79.9. The number of hydrogen-bond donors (Lipinski definition) is 0. The Balaban J connectivity index is 2.23. The van der Waals surface area contributed by atoms with Gasteiger partial charge >= 0.3 is 0 Å². The van der Waals surface area contributed by atoms with Crippen LogP contribution < -0.4 is 10.3 Å². The van der Waals surface area contributed by atoms with Crippen LogP contribution in [0, 0.1) is 0 Å². The van der Waals surface area contributed by atoms with E-state index in [1.54, 1.807) is 31.5 Å². The summed E-state index contributed by atoms with van der Waals surface area (Å²) in [6, 6.07) is 8.93. The van der Waals surface area contributed by atoms with E-state index in [0.29, 0.717) is 37.5 Å². The molecule has 1 heterocycles. The van der Waals surface area contributed by atoms with Crippen molar-refractivity contribution in [1.82, 2.24) is 9.66 Å². The molecule has 0 fully saturated rings. The molecule has 0 saturated carbocycles. The molecule has 3 aromatic rings. The molecule has 0 amide bonds. The van der Waals surface area contributed by atoms with Crippen molar-refractivity contribution in [1.29, 1.82) is 0 Å². The minimum absolute atomic E-state index is 0.0610. The number of benzene rings is 2. The van der Waals surface area contributed by atoms with Gasteiger partial charge < -0.3 is 4.74 Å². The Bertz CT molecular complexity index is 1130. The lowest BCUT2D eigenvalue weighted by Crippen LogP contribution is -2.23. The second kappa shape index (κ2) is 8.76. The van der Waals surface area contributed by atoms with Crippen molar-refractivity contribution in [3.8, 4) is 5.75 Å². The predicted octanol–water partition coefficient (Wildman–Crippen LogP) is 5.98. The molecule has 0 unspecified atom stereocenters. The molecule has 146 valence electrons. The average molecular weight is 528 g/mol. The first-order valence-corrected chi connectivity index (χ1v) is 10.6. The van der Waals surface area contributed by atoms with Gasteiger partial charge in [0, 0.05) is 21.0 Å². The highest BCUT2D eigenvalue weighted by Gasteiger charge is 2.16. The Morgan fingerprint density at radius 2 is 2.07 bits per heavy atom. The van der Waals surface area contributed by atoms with Crippen LogP contribution in [0.5, 0.6) is 5.75 Å². The number of rotatable bonds is 5. The molecule has 0 aliphatic rings. The SMILES string of the molecule is CC[C@H](C)c1nc2ccc(Br)cc2c(=O)n1N=Cc1cc(Cl)cc(Br)c1OC. The van der Waals surface area contributed by atoms with Crippen LogP contribution in [-0.4, -0.2) is 23.0 Å². The quantitative estimate of drug-likeness (QED) is 0.384. The standard InChI is InChI=1S/C20H18Br2ClN3O2/c1-4-11(2)19-25-17-6-5-13(21)8-15(17)20(27)26(19)24-10-12-7-14(23)9-16(22)18(12)28-3/h5-11H,4H2,1-3H3/t11-/m0/s1. The van der Waals surface area contributed by atoms with Crippen LogP contribution in [0.4, 0.5) is 0 Å². The second-order valence-electron chi connectivity index (χ2n) is 6.31. The van der Waals surface area contributed by atoms with Crippen molar-refractivity contribution in [2.24, 2.45) is 5.10 Å². The van der Waals surface area contributed by atoms with E-state index in [1.807, 2.05) is 26.0 Å². The number of nitrogens with zero attached hydrogens (tertiary/aromatic N) is 3. The molecule has 0 saturated heterocycles. The first-order chi connectivity index (χ1) is 13.3. The number of halogens is 3. The molecule has 1 aromatic heterocycles. The number of aromatic nitrogens is 2. The van der Waals surface area contributed by atoms with Gasteiger partial charge in [0.2, 0.25) is 0 Å². The van der Waals surface area contributed by atoms with Crippen LogP contribution >= 0.6 is 43.5 Å². The lowest BCUT2D eigenvalue weighted by atomic mass is 10.1. The van der Waals surface area contributed by atoms with Crippen LogP contribution in [0.15, 0.2) is 49.2 Å². The zero-order valence-electron chi connectivity index (χ0n) is 15.5. The molecule has 0 radical (unpaired) electrons. The Morgan fingerprint density at radius 1 is 1.32 bits per heavy atom. The summed E-state index contributed by atoms with van der Waals surface area (Å²) in [6.45, 7) is 4.07. The fourth-order valence-electron chi connectivity index (χ4n) is 2.79. The third kappa shape index (κ3) is 4.16. The minimum Gasteiger partial charge on any atom is -0.495 e. The fourth-order valence-corrected chi connectivity index (χ4v) is 4.15. The van der Waals surface area contributed by atoms with E-state index in [0.717, 1.165) is 10.9 Å². The van der Waals surface area contributed by atoms with Crippen LogP contribution in [0.25, 0.3) is 10.9 Å². The zero-order valence-corrected chi connectivity index (χ0v) is 19.5. The molecule has 0 aliphatic heterocycles. The average Bonchev–Trinajstić information content (AvgIpc) is 2.66. The Kier molecular flexibility index (Phi) is 6.58. The molecule has 1 atom stereocenters. The van der Waals surface area contributed by atoms with Gasteiger partial charge in [-0.3, -0.25) is 4.79 Å². The molecular weight excluding hydrogens is 510 g/mol. The summed E-state index contributed by atoms with van der Waals surface area (Å²) >= 11 is 13.0. The van der Waals surface area contributed by atoms with Crippen LogP contribution in [0.1, 0.15) is 37.6 Å². The zero-order chi connectivity index (χ0) is 20.4. The van der Waals surface area contributed by atoms with Crippen LogP contribution in [0.3, 0.4) is 0 Å². The van der Waals surface area contributed by atoms with E-state index in [9.17, 15) is 4.79 Å². The van der Waals surface area contributed by atoms with Crippen molar-refractivity contribution in [2.75, 3.05) is 7.11 Å². The molecular formula is C20H18Br2ClN3O2. The molecule has 8 heteroatoms. The maximum atomic E-state index is 13.2. The smallest absolute Gasteiger partial charge is 0.282 e. The summed E-state index contributed by atoms with van der Waals surface area (Å²) in [5.74, 6) is 1.26. The van der Waals surface area contributed by atoms with Crippen molar-refractivity contribution in [3.05, 3.63) is 66.0 Å². The minimum atomic E-state index is -0.224. The predicted molar refractivity (Wildman–Crippen MR) is 121 cm³/mol. The van der Waals surface area contributed by atoms with E-state index in [4.69, 9.17) is 21.3 Å². The molecule has 28 heavy (non-hydrogen) atoms. The second-order valence-corrected chi connectivity index (χ2v) is 8.52. The van der Waals surface area contributed by atoms with Gasteiger partial charge in [-0.1, -0.05) is 41.4 Å². The third-order valence-electron chi connectivity index (χ3n) is 4.44. The molecule has 0 N–H and O–H groups in total. The summed E-state index contributed by atoms with van der Waals surface area (Å²) < 4.78 is 8.31. The van der Waals surface area contributed by atoms with Gasteiger partial charge in [0.05, 0.1) is 28.7 Å². The molecule has 2 aromatic carbocycles. The Morgan fingerprint density at radius 3 is 2.75 bits per heavy atom. The van der Waals surface area contributed by atoms with E-state index in [-0.39, 0.29) is 11.5 Å². The third-order valence-corrected chi connectivity index (χ3v) is 5.74. The Hall–Kier alpha value is -1.70. The first-order valence-electron chi connectivity index (χ1n) is 8.65. The fraction of sp³-hybridized carbons (Fsp3) is 0.250. The largest absolute Gasteiger partial charge is 0.495 e. The number of ether oxygens (including phenoxy) is 1. The molecule has 0 spiro atoms. The maximum Gasteiger partial charge on any atom is 0.282 e. The highest BCUT2D eigenvalue weighted by Crippen LogP contribution is 2.31. The Labute approximate surface area is 184 Å². The molecule has 0 aliphatic carbocycles. The summed E-state index contributed by atoms with van der Waals surface area (Å²) in [5, 5.41) is 5.49. The highest BCUT2D eigenvalue weighted by molar-refractivity contribution is 9.10. The number of methoxy groups -OCH3 is 1. The van der Waals surface area contributed by atoms with E-state index in [2.05, 4.69) is 37.0 Å². The summed E-state index contributed by atoms with van der Waals surface area (Å²) in [7, 11) is 1.57. The van der Waals surface area contributed by atoms with Crippen LogP contribution in [-0.2, 0) is 0 Å². The summed E-state index contributed by atoms with van der Waals surface area (Å²) in [6.07, 6.45) is 2.39. The first kappa shape index (κ1) is 21.0. The van der Waals surface area contributed by atoms with Gasteiger partial charge in [-0.15, -0.1) is 0 Å². The molecule has 5 nitrogen and oxygen atoms in total. The van der Waals surface area contributed by atoms with E-state index in [1.165, 1.54) is 4.68 Å². The lowest BCUT2D eigenvalue weighted by molar-refractivity contribution is 0.411. The van der Waals surface area contributed by atoms with Crippen molar-refractivity contribution >= 4 is 60.6 Å². The van der Waals surface area contributed by atoms with Gasteiger partial charge in [0.1, 0.15) is 11.6 Å². The molecule has 0 bridgehead atoms. The van der Waals surface area contributed by atoms with Crippen molar-refractivity contribution in [3.63, 3.8) is 0 Å². The maximum absolute atomic E-state index is 13.2. The van der Waals surface area contributed by atoms with Crippen molar-refractivity contribution < 1.29 is 4.74 Å². The summed E-state index contributed by atoms with van der Waals surface area (Å²) in [4.78, 5) is 17.9. The monoisotopic (exact) mass is 525 g/mol. The van der Waals surface area contributed by atoms with Gasteiger partial charge in [-0.05, 0) is 52.7 Å². The van der Waals surface area contributed by atoms with Gasteiger partial charge in [0.15, 0.2) is 0 Å². The normalized spacial score (nSPS) is 12.6. The van der Waals surface area contributed by atoms with Crippen LogP contribution in [0.2, 0.25) is 5.02 Å². The van der Waals surface area contributed by atoms with Crippen molar-refractivity contribution in [2.45, 2.75) is 26.2 Å². The van der Waals surface area contributed by atoms with Gasteiger partial charge in [-0.2, -0.15) is 9.78 Å².